The number of aliphatic hydroxyl groups is 1. The summed E-state index contributed by atoms with van der Waals surface area (Å²) in [4.78, 5) is 2.34. The predicted molar refractivity (Wildman–Crippen MR) is 149 cm³/mol. The smallest absolute Gasteiger partial charge is 0.156 e. The summed E-state index contributed by atoms with van der Waals surface area (Å²) in [6.07, 6.45) is 1.27. The Labute approximate surface area is 215 Å². The van der Waals surface area contributed by atoms with Crippen LogP contribution >= 0.6 is 0 Å². The third-order valence-corrected chi connectivity index (χ3v) is 7.50. The zero-order chi connectivity index (χ0) is 26.1. The minimum absolute atomic E-state index is 0.104. The summed E-state index contributed by atoms with van der Waals surface area (Å²) >= 11 is 0. The number of anilines is 2. The van der Waals surface area contributed by atoms with Gasteiger partial charge in [0.15, 0.2) is 5.82 Å². The molecule has 1 aliphatic rings. The average Bonchev–Trinajstić information content (AvgIpc) is 3.22. The van der Waals surface area contributed by atoms with Crippen LogP contribution in [0.5, 0.6) is 0 Å². The van der Waals surface area contributed by atoms with Crippen molar-refractivity contribution < 1.29 is 9.84 Å². The summed E-state index contributed by atoms with van der Waals surface area (Å²) in [5.41, 5.74) is 8.58. The van der Waals surface area contributed by atoms with Crippen LogP contribution < -0.4 is 10.2 Å². The van der Waals surface area contributed by atoms with E-state index in [4.69, 9.17) is 9.84 Å². The Hall–Kier alpha value is -3.09. The van der Waals surface area contributed by atoms with E-state index in [0.717, 1.165) is 41.2 Å². The molecule has 4 rings (SSSR count). The minimum atomic E-state index is -0.588. The van der Waals surface area contributed by atoms with Gasteiger partial charge in [0.05, 0.1) is 17.9 Å². The Kier molecular flexibility index (Phi) is 7.57. The number of benzene rings is 2. The number of ether oxygens (including phenoxy) is 1. The van der Waals surface area contributed by atoms with Crippen LogP contribution in [0.25, 0.3) is 5.69 Å². The molecule has 2 aromatic carbocycles. The number of aliphatic hydroxyl groups excluding tert-OH is 1. The maximum atomic E-state index is 11.5. The fraction of sp³-hybridized carbons (Fsp3) is 0.433. The van der Waals surface area contributed by atoms with Crippen molar-refractivity contribution in [1.82, 2.24) is 9.78 Å². The SMILES string of the molecule is C=C(C)Nc1nn(-c2cc(C)ccc2C)cc1C1C(O)C(c2ccc(N(CC)CC)cc2C)C1OC. The van der Waals surface area contributed by atoms with Crippen molar-refractivity contribution in [2.24, 2.45) is 0 Å². The lowest BCUT2D eigenvalue weighted by Gasteiger charge is -2.49. The Balaban J connectivity index is 1.71. The lowest BCUT2D eigenvalue weighted by Crippen LogP contribution is -2.53. The summed E-state index contributed by atoms with van der Waals surface area (Å²) in [6, 6.07) is 12.9. The molecule has 6 heteroatoms. The molecule has 0 spiro atoms. The summed E-state index contributed by atoms with van der Waals surface area (Å²) in [5.74, 6) is 0.400. The molecule has 1 aromatic heterocycles. The number of aryl methyl sites for hydroxylation is 3. The van der Waals surface area contributed by atoms with E-state index >= 15 is 0 Å². The van der Waals surface area contributed by atoms with Gasteiger partial charge in [-0.05, 0) is 82.0 Å². The first-order chi connectivity index (χ1) is 17.2. The van der Waals surface area contributed by atoms with E-state index in [2.05, 4.69) is 87.8 Å². The van der Waals surface area contributed by atoms with Crippen molar-refractivity contribution in [2.75, 3.05) is 30.4 Å². The van der Waals surface area contributed by atoms with Gasteiger partial charge in [-0.3, -0.25) is 0 Å². The normalized spacial score (nSPS) is 21.2. The zero-order valence-electron chi connectivity index (χ0n) is 22.7. The molecule has 36 heavy (non-hydrogen) atoms. The number of nitrogens with one attached hydrogen (secondary N) is 1. The number of hydrogen-bond acceptors (Lipinski definition) is 5. The Morgan fingerprint density at radius 1 is 1.06 bits per heavy atom. The number of nitrogens with zero attached hydrogens (tertiary/aromatic N) is 3. The van der Waals surface area contributed by atoms with Crippen molar-refractivity contribution in [3.63, 3.8) is 0 Å². The van der Waals surface area contributed by atoms with Crippen LogP contribution in [0.4, 0.5) is 11.5 Å². The molecule has 1 aliphatic carbocycles. The van der Waals surface area contributed by atoms with Gasteiger partial charge in [-0.2, -0.15) is 0 Å². The fourth-order valence-electron chi connectivity index (χ4n) is 5.54. The van der Waals surface area contributed by atoms with Crippen molar-refractivity contribution in [3.8, 4) is 5.69 Å². The monoisotopic (exact) mass is 488 g/mol. The van der Waals surface area contributed by atoms with Crippen molar-refractivity contribution in [1.29, 1.82) is 0 Å². The van der Waals surface area contributed by atoms with Crippen LogP contribution in [0.2, 0.25) is 0 Å². The highest BCUT2D eigenvalue weighted by atomic mass is 16.5. The van der Waals surface area contributed by atoms with E-state index in [1.807, 2.05) is 17.8 Å². The fourth-order valence-corrected chi connectivity index (χ4v) is 5.54. The van der Waals surface area contributed by atoms with Crippen LogP contribution in [-0.2, 0) is 4.74 Å². The zero-order valence-corrected chi connectivity index (χ0v) is 22.7. The molecule has 0 aliphatic heterocycles. The quantitative estimate of drug-likeness (QED) is 0.396. The van der Waals surface area contributed by atoms with E-state index in [9.17, 15) is 5.11 Å². The molecule has 3 aromatic rings. The van der Waals surface area contributed by atoms with Crippen molar-refractivity contribution in [3.05, 3.63) is 82.7 Å². The summed E-state index contributed by atoms with van der Waals surface area (Å²) in [7, 11) is 1.73. The molecule has 0 bridgehead atoms. The van der Waals surface area contributed by atoms with Gasteiger partial charge in [0.25, 0.3) is 0 Å². The Morgan fingerprint density at radius 3 is 2.36 bits per heavy atom. The maximum Gasteiger partial charge on any atom is 0.156 e. The van der Waals surface area contributed by atoms with Crippen LogP contribution in [0, 0.1) is 20.8 Å². The minimum Gasteiger partial charge on any atom is -0.392 e. The number of aromatic nitrogens is 2. The van der Waals surface area contributed by atoms with Crippen LogP contribution in [0.15, 0.2) is 54.9 Å². The van der Waals surface area contributed by atoms with Gasteiger partial charge in [0.1, 0.15) is 0 Å². The predicted octanol–water partition coefficient (Wildman–Crippen LogP) is 5.85. The highest BCUT2D eigenvalue weighted by Gasteiger charge is 2.53. The van der Waals surface area contributed by atoms with Gasteiger partial charge in [-0.1, -0.05) is 24.8 Å². The lowest BCUT2D eigenvalue weighted by molar-refractivity contribution is -0.0986. The summed E-state index contributed by atoms with van der Waals surface area (Å²) < 4.78 is 7.93. The van der Waals surface area contributed by atoms with E-state index in [1.54, 1.807) is 7.11 Å². The van der Waals surface area contributed by atoms with Gasteiger partial charge in [-0.25, -0.2) is 4.68 Å². The number of hydrogen-bond donors (Lipinski definition) is 2. The topological polar surface area (TPSA) is 62.5 Å². The van der Waals surface area contributed by atoms with Gasteiger partial charge < -0.3 is 20.1 Å². The molecular weight excluding hydrogens is 448 g/mol. The Morgan fingerprint density at radius 2 is 1.75 bits per heavy atom. The number of methoxy groups -OCH3 is 1. The van der Waals surface area contributed by atoms with E-state index in [-0.39, 0.29) is 17.9 Å². The molecule has 2 N–H and O–H groups in total. The molecule has 0 amide bonds. The molecule has 0 radical (unpaired) electrons. The van der Waals surface area contributed by atoms with Crippen molar-refractivity contribution in [2.45, 2.75) is 65.6 Å². The molecule has 1 saturated carbocycles. The van der Waals surface area contributed by atoms with Crippen LogP contribution in [-0.4, -0.2) is 47.3 Å². The van der Waals surface area contributed by atoms with Crippen molar-refractivity contribution >= 4 is 11.5 Å². The molecule has 1 heterocycles. The second kappa shape index (κ2) is 10.5. The molecule has 6 nitrogen and oxygen atoms in total. The third-order valence-electron chi connectivity index (χ3n) is 7.50. The first-order valence-electron chi connectivity index (χ1n) is 12.9. The average molecular weight is 489 g/mol. The molecule has 0 saturated heterocycles. The van der Waals surface area contributed by atoms with E-state index in [0.29, 0.717) is 5.82 Å². The van der Waals surface area contributed by atoms with E-state index in [1.165, 1.54) is 16.8 Å². The van der Waals surface area contributed by atoms with Crippen LogP contribution in [0.1, 0.15) is 60.4 Å². The second-order valence-electron chi connectivity index (χ2n) is 10.0. The molecule has 192 valence electrons. The highest BCUT2D eigenvalue weighted by molar-refractivity contribution is 5.57. The lowest BCUT2D eigenvalue weighted by atomic mass is 9.62. The van der Waals surface area contributed by atoms with Gasteiger partial charge in [0.2, 0.25) is 0 Å². The standard InChI is InChI=1S/C30H40N4O2/c1-9-33(10-2)22-13-14-23(21(7)16-22)26-28(35)27(29(26)36-8)24-17-34(32-30(24)31-18(3)4)25-15-19(5)11-12-20(25)6/h11-17,26-29,35H,3,9-10H2,1-2,4-8H3,(H,31,32). The first kappa shape index (κ1) is 26.0. The second-order valence-corrected chi connectivity index (χ2v) is 10.0. The third kappa shape index (κ3) is 4.67. The number of rotatable bonds is 9. The van der Waals surface area contributed by atoms with E-state index < -0.39 is 6.10 Å². The van der Waals surface area contributed by atoms with Gasteiger partial charge >= 0.3 is 0 Å². The molecular formula is C30H40N4O2. The summed E-state index contributed by atoms with van der Waals surface area (Å²) in [6.45, 7) is 18.5. The van der Waals surface area contributed by atoms with Gasteiger partial charge in [0, 0.05) is 55.2 Å². The largest absolute Gasteiger partial charge is 0.392 e. The molecule has 4 unspecified atom stereocenters. The Bertz CT molecular complexity index is 1240. The van der Waals surface area contributed by atoms with Gasteiger partial charge in [-0.15, -0.1) is 5.10 Å². The molecule has 1 fully saturated rings. The summed E-state index contributed by atoms with van der Waals surface area (Å²) in [5, 5.41) is 19.7. The maximum absolute atomic E-state index is 11.5. The highest BCUT2D eigenvalue weighted by Crippen LogP contribution is 2.52. The first-order valence-corrected chi connectivity index (χ1v) is 12.9. The molecule has 4 atom stereocenters. The van der Waals surface area contributed by atoms with Crippen LogP contribution in [0.3, 0.4) is 0 Å². The number of allylic oxidation sites excluding steroid dienone is 1.